The highest BCUT2D eigenvalue weighted by Gasteiger charge is 2.30. The smallest absolute Gasteiger partial charge is 0.223 e. The fraction of sp³-hybridized carbons (Fsp3) is 0.533. The first-order chi connectivity index (χ1) is 9.24. The van der Waals surface area contributed by atoms with Gasteiger partial charge < -0.3 is 15.8 Å². The molecule has 1 amide bonds. The molecular formula is C15H21ClN2O2. The Labute approximate surface area is 125 Å². The molecule has 3 N–H and O–H groups in total. The predicted molar refractivity (Wildman–Crippen MR) is 80.0 cm³/mol. The van der Waals surface area contributed by atoms with Gasteiger partial charge in [0.15, 0.2) is 0 Å². The fourth-order valence-corrected chi connectivity index (χ4v) is 3.04. The van der Waals surface area contributed by atoms with Crippen LogP contribution >= 0.6 is 12.4 Å². The van der Waals surface area contributed by atoms with Crippen LogP contribution in [0.25, 0.3) is 0 Å². The molecule has 1 fully saturated rings. The Morgan fingerprint density at radius 1 is 1.30 bits per heavy atom. The van der Waals surface area contributed by atoms with Gasteiger partial charge in [-0.05, 0) is 25.3 Å². The summed E-state index contributed by atoms with van der Waals surface area (Å²) in [7, 11) is 0. The van der Waals surface area contributed by atoms with E-state index in [0.29, 0.717) is 6.61 Å². The first kappa shape index (κ1) is 15.1. The van der Waals surface area contributed by atoms with Gasteiger partial charge in [0, 0.05) is 17.5 Å². The summed E-state index contributed by atoms with van der Waals surface area (Å²) in [5, 5.41) is 3.11. The predicted octanol–water partition coefficient (Wildman–Crippen LogP) is 2.18. The van der Waals surface area contributed by atoms with Crippen LogP contribution in [0.4, 0.5) is 0 Å². The molecular weight excluding hydrogens is 276 g/mol. The average Bonchev–Trinajstić information content (AvgIpc) is 2.82. The Bertz CT molecular complexity index is 481. The Kier molecular flexibility index (Phi) is 4.89. The second kappa shape index (κ2) is 6.46. The second-order valence-electron chi connectivity index (χ2n) is 5.53. The monoisotopic (exact) mass is 296 g/mol. The maximum atomic E-state index is 12.3. The molecule has 0 spiro atoms. The first-order valence-corrected chi connectivity index (χ1v) is 7.01. The second-order valence-corrected chi connectivity index (χ2v) is 5.53. The van der Waals surface area contributed by atoms with E-state index >= 15 is 0 Å². The molecule has 1 aromatic carbocycles. The molecule has 1 heterocycles. The molecule has 1 aliphatic carbocycles. The molecule has 3 unspecified atom stereocenters. The number of fused-ring (bicyclic) bond motifs is 1. The number of benzene rings is 1. The van der Waals surface area contributed by atoms with E-state index in [4.69, 9.17) is 10.5 Å². The summed E-state index contributed by atoms with van der Waals surface area (Å²) in [5.74, 6) is 1.07. The fourth-order valence-electron chi connectivity index (χ4n) is 3.04. The molecule has 3 atom stereocenters. The number of nitrogens with one attached hydrogen (secondary N) is 1. The van der Waals surface area contributed by atoms with Crippen LogP contribution in [0.1, 0.15) is 37.3 Å². The third-order valence-electron chi connectivity index (χ3n) is 4.10. The average molecular weight is 297 g/mol. The Balaban J connectivity index is 0.00000147. The molecule has 3 rings (SSSR count). The van der Waals surface area contributed by atoms with E-state index in [0.717, 1.165) is 37.0 Å². The van der Waals surface area contributed by atoms with Gasteiger partial charge >= 0.3 is 0 Å². The molecule has 0 bridgehead atoms. The van der Waals surface area contributed by atoms with Crippen LogP contribution in [0.5, 0.6) is 5.75 Å². The van der Waals surface area contributed by atoms with Crippen LogP contribution in [0.2, 0.25) is 0 Å². The number of para-hydroxylation sites is 1. The number of carbonyl (C=O) groups excluding carboxylic acids is 1. The minimum absolute atomic E-state index is 0. The number of hydrogen-bond acceptors (Lipinski definition) is 3. The van der Waals surface area contributed by atoms with E-state index in [1.807, 2.05) is 24.3 Å². The lowest BCUT2D eigenvalue weighted by molar-refractivity contribution is -0.127. The number of ether oxygens (including phenoxy) is 1. The van der Waals surface area contributed by atoms with Crippen molar-refractivity contribution in [2.45, 2.75) is 37.8 Å². The molecule has 2 aliphatic rings. The number of carbonyl (C=O) groups is 1. The number of hydrogen-bond donors (Lipinski definition) is 2. The zero-order valence-corrected chi connectivity index (χ0v) is 12.2. The maximum absolute atomic E-state index is 12.3. The Morgan fingerprint density at radius 2 is 2.10 bits per heavy atom. The lowest BCUT2D eigenvalue weighted by Gasteiger charge is -2.26. The zero-order valence-electron chi connectivity index (χ0n) is 11.4. The third-order valence-corrected chi connectivity index (χ3v) is 4.10. The summed E-state index contributed by atoms with van der Waals surface area (Å²) in [5.41, 5.74) is 7.02. The van der Waals surface area contributed by atoms with Crippen molar-refractivity contribution < 1.29 is 9.53 Å². The SMILES string of the molecule is Cl.NC1CCCC(C(=O)NC2COc3ccccc32)C1. The summed E-state index contributed by atoms with van der Waals surface area (Å²) in [4.78, 5) is 12.3. The van der Waals surface area contributed by atoms with Crippen molar-refractivity contribution in [2.75, 3.05) is 6.61 Å². The molecule has 0 radical (unpaired) electrons. The minimum Gasteiger partial charge on any atom is -0.491 e. The van der Waals surface area contributed by atoms with Gasteiger partial charge in [0.05, 0.1) is 6.04 Å². The summed E-state index contributed by atoms with van der Waals surface area (Å²) in [6, 6.07) is 8.04. The topological polar surface area (TPSA) is 64.4 Å². The van der Waals surface area contributed by atoms with Gasteiger partial charge in [-0.3, -0.25) is 4.79 Å². The van der Waals surface area contributed by atoms with Crippen LogP contribution < -0.4 is 15.8 Å². The molecule has 1 saturated carbocycles. The standard InChI is InChI=1S/C15H20N2O2.ClH/c16-11-5-3-4-10(8-11)15(18)17-13-9-19-14-7-2-1-6-12(13)14;/h1-2,6-7,10-11,13H,3-5,8-9,16H2,(H,17,18);1H. The number of nitrogens with two attached hydrogens (primary N) is 1. The van der Waals surface area contributed by atoms with Gasteiger partial charge in [0.25, 0.3) is 0 Å². The van der Waals surface area contributed by atoms with Crippen molar-refractivity contribution in [3.8, 4) is 5.75 Å². The third kappa shape index (κ3) is 3.07. The molecule has 0 saturated heterocycles. The normalized spacial score (nSPS) is 27.9. The number of amides is 1. The van der Waals surface area contributed by atoms with Gasteiger partial charge in [-0.1, -0.05) is 24.6 Å². The van der Waals surface area contributed by atoms with E-state index in [-0.39, 0.29) is 36.3 Å². The van der Waals surface area contributed by atoms with Crippen LogP contribution in [-0.4, -0.2) is 18.6 Å². The molecule has 20 heavy (non-hydrogen) atoms. The van der Waals surface area contributed by atoms with Crippen LogP contribution in [-0.2, 0) is 4.79 Å². The first-order valence-electron chi connectivity index (χ1n) is 7.01. The van der Waals surface area contributed by atoms with Crippen molar-refractivity contribution in [3.05, 3.63) is 29.8 Å². The van der Waals surface area contributed by atoms with E-state index in [9.17, 15) is 4.79 Å². The Morgan fingerprint density at radius 3 is 2.90 bits per heavy atom. The lowest BCUT2D eigenvalue weighted by Crippen LogP contribution is -2.39. The summed E-state index contributed by atoms with van der Waals surface area (Å²) in [6.45, 7) is 0.532. The summed E-state index contributed by atoms with van der Waals surface area (Å²) in [6.07, 6.45) is 3.85. The van der Waals surface area contributed by atoms with Crippen molar-refractivity contribution in [1.29, 1.82) is 0 Å². The molecule has 110 valence electrons. The van der Waals surface area contributed by atoms with E-state index in [1.54, 1.807) is 0 Å². The van der Waals surface area contributed by atoms with Gasteiger partial charge in [-0.15, -0.1) is 12.4 Å². The van der Waals surface area contributed by atoms with Crippen LogP contribution in [0.15, 0.2) is 24.3 Å². The van der Waals surface area contributed by atoms with Gasteiger partial charge in [-0.25, -0.2) is 0 Å². The van der Waals surface area contributed by atoms with Gasteiger partial charge in [0.2, 0.25) is 5.91 Å². The zero-order chi connectivity index (χ0) is 13.2. The molecule has 1 aromatic rings. The highest BCUT2D eigenvalue weighted by Crippen LogP contribution is 2.32. The van der Waals surface area contributed by atoms with E-state index < -0.39 is 0 Å². The molecule has 1 aliphatic heterocycles. The summed E-state index contributed by atoms with van der Waals surface area (Å²) >= 11 is 0. The van der Waals surface area contributed by atoms with Crippen molar-refractivity contribution in [3.63, 3.8) is 0 Å². The highest BCUT2D eigenvalue weighted by atomic mass is 35.5. The largest absolute Gasteiger partial charge is 0.491 e. The van der Waals surface area contributed by atoms with E-state index in [2.05, 4.69) is 5.32 Å². The molecule has 0 aromatic heterocycles. The van der Waals surface area contributed by atoms with Crippen LogP contribution in [0.3, 0.4) is 0 Å². The van der Waals surface area contributed by atoms with Gasteiger partial charge in [-0.2, -0.15) is 0 Å². The molecule has 4 nitrogen and oxygen atoms in total. The van der Waals surface area contributed by atoms with Crippen LogP contribution in [0, 0.1) is 5.92 Å². The number of rotatable bonds is 2. The lowest BCUT2D eigenvalue weighted by atomic mass is 9.85. The Hall–Kier alpha value is -1.26. The van der Waals surface area contributed by atoms with Gasteiger partial charge in [0.1, 0.15) is 12.4 Å². The maximum Gasteiger partial charge on any atom is 0.223 e. The van der Waals surface area contributed by atoms with E-state index in [1.165, 1.54) is 0 Å². The van der Waals surface area contributed by atoms with Crippen molar-refractivity contribution in [1.82, 2.24) is 5.32 Å². The minimum atomic E-state index is -0.0122. The summed E-state index contributed by atoms with van der Waals surface area (Å²) < 4.78 is 5.58. The van der Waals surface area contributed by atoms with Crippen molar-refractivity contribution in [2.24, 2.45) is 11.7 Å². The highest BCUT2D eigenvalue weighted by molar-refractivity contribution is 5.85. The number of halogens is 1. The quantitative estimate of drug-likeness (QED) is 0.879. The van der Waals surface area contributed by atoms with Crippen molar-refractivity contribution >= 4 is 18.3 Å². The molecule has 5 heteroatoms.